The number of methoxy groups -OCH3 is 1. The Morgan fingerprint density at radius 2 is 2.04 bits per heavy atom. The summed E-state index contributed by atoms with van der Waals surface area (Å²) in [6.45, 7) is 7.46. The summed E-state index contributed by atoms with van der Waals surface area (Å²) >= 11 is 0. The Bertz CT molecular complexity index is 1040. The summed E-state index contributed by atoms with van der Waals surface area (Å²) in [7, 11) is 3.24. The number of ether oxygens (including phenoxy) is 1. The maximum Gasteiger partial charge on any atom is 0.312 e. The molecule has 0 aliphatic heterocycles. The van der Waals surface area contributed by atoms with Gasteiger partial charge in [0.25, 0.3) is 0 Å². The van der Waals surface area contributed by atoms with E-state index in [1.54, 1.807) is 10.9 Å². The number of esters is 1. The Morgan fingerprint density at radius 3 is 2.68 bits per heavy atom. The lowest BCUT2D eigenvalue weighted by Gasteiger charge is -2.33. The minimum Gasteiger partial charge on any atom is -0.469 e. The highest BCUT2D eigenvalue weighted by atomic mass is 16.5. The van der Waals surface area contributed by atoms with Crippen molar-refractivity contribution in [1.29, 1.82) is 0 Å². The molecule has 3 rings (SSSR count). The molecular formula is C21H26N4O3. The average Bonchev–Trinajstić information content (AvgIpc) is 3.05. The molecule has 7 heteroatoms. The molecule has 1 N–H and O–H groups in total. The van der Waals surface area contributed by atoms with Gasteiger partial charge in [-0.2, -0.15) is 0 Å². The van der Waals surface area contributed by atoms with Gasteiger partial charge in [-0.05, 0) is 62.1 Å². The lowest BCUT2D eigenvalue weighted by atomic mass is 9.70. The molecule has 7 nitrogen and oxygen atoms in total. The number of aromatic nitrogens is 4. The van der Waals surface area contributed by atoms with Crippen LogP contribution in [0.3, 0.4) is 0 Å². The molecular weight excluding hydrogens is 356 g/mol. The lowest BCUT2D eigenvalue weighted by Crippen LogP contribution is -2.34. The van der Waals surface area contributed by atoms with Crippen molar-refractivity contribution in [3.8, 4) is 0 Å². The quantitative estimate of drug-likeness (QED) is 0.683. The van der Waals surface area contributed by atoms with Gasteiger partial charge in [-0.15, -0.1) is 5.10 Å². The Labute approximate surface area is 164 Å². The molecule has 0 aliphatic carbocycles. The minimum atomic E-state index is -0.862. The lowest BCUT2D eigenvalue weighted by molar-refractivity contribution is -0.151. The SMILES string of the molecule is COC(=O)C(C)(C)C(c1cnc(C)c(CO)c1)c1ccc2c(nnn2C)c1C. The number of carbonyl (C=O) groups excluding carboxylic acids is 1. The van der Waals surface area contributed by atoms with Crippen LogP contribution in [-0.2, 0) is 23.2 Å². The summed E-state index contributed by atoms with van der Waals surface area (Å²) in [5, 5.41) is 18.1. The predicted molar refractivity (Wildman–Crippen MR) is 106 cm³/mol. The van der Waals surface area contributed by atoms with E-state index in [0.29, 0.717) is 0 Å². The second-order valence-corrected chi connectivity index (χ2v) is 7.68. The Kier molecular flexibility index (Phi) is 5.21. The maximum atomic E-state index is 12.7. The van der Waals surface area contributed by atoms with E-state index in [4.69, 9.17) is 4.74 Å². The van der Waals surface area contributed by atoms with Gasteiger partial charge in [0.2, 0.25) is 0 Å². The van der Waals surface area contributed by atoms with Gasteiger partial charge in [-0.3, -0.25) is 9.78 Å². The van der Waals surface area contributed by atoms with Gasteiger partial charge in [0.05, 0.1) is 24.6 Å². The standard InChI is InChI=1S/C21H26N4O3/c1-12-16(7-8-17-19(12)23-24-25(17)5)18(21(3,4)20(27)28-6)14-9-15(11-26)13(2)22-10-14/h7-10,18,26H,11H2,1-6H3. The number of benzene rings is 1. The summed E-state index contributed by atoms with van der Waals surface area (Å²) in [5.74, 6) is -0.646. The van der Waals surface area contributed by atoms with Crippen molar-refractivity contribution in [2.75, 3.05) is 7.11 Å². The molecule has 2 aromatic heterocycles. The van der Waals surface area contributed by atoms with Gasteiger partial charge in [0, 0.05) is 24.9 Å². The summed E-state index contributed by atoms with van der Waals surface area (Å²) in [5.41, 5.74) is 5.12. The third-order valence-corrected chi connectivity index (χ3v) is 5.54. The summed E-state index contributed by atoms with van der Waals surface area (Å²) in [6.07, 6.45) is 1.77. The van der Waals surface area contributed by atoms with E-state index in [-0.39, 0.29) is 18.5 Å². The molecule has 0 aliphatic rings. The van der Waals surface area contributed by atoms with Crippen LogP contribution >= 0.6 is 0 Å². The van der Waals surface area contributed by atoms with Crippen LogP contribution in [0.4, 0.5) is 0 Å². The molecule has 1 atom stereocenters. The highest BCUT2D eigenvalue weighted by Crippen LogP contribution is 2.44. The van der Waals surface area contributed by atoms with Crippen molar-refractivity contribution in [3.05, 3.63) is 52.3 Å². The summed E-state index contributed by atoms with van der Waals surface area (Å²) in [4.78, 5) is 17.1. The molecule has 1 unspecified atom stereocenters. The molecule has 0 bridgehead atoms. The number of nitrogens with zero attached hydrogens (tertiary/aromatic N) is 4. The Morgan fingerprint density at radius 1 is 1.32 bits per heavy atom. The van der Waals surface area contributed by atoms with Gasteiger partial charge in [0.15, 0.2) is 0 Å². The zero-order valence-corrected chi connectivity index (χ0v) is 17.1. The van der Waals surface area contributed by atoms with E-state index in [9.17, 15) is 9.90 Å². The minimum absolute atomic E-state index is 0.111. The normalized spacial score (nSPS) is 13.0. The van der Waals surface area contributed by atoms with E-state index in [1.807, 2.05) is 52.9 Å². The fourth-order valence-corrected chi connectivity index (χ4v) is 3.84. The molecule has 1 aromatic carbocycles. The molecule has 28 heavy (non-hydrogen) atoms. The number of aliphatic hydroxyl groups excluding tert-OH is 1. The largest absolute Gasteiger partial charge is 0.469 e. The topological polar surface area (TPSA) is 90.1 Å². The first-order chi connectivity index (χ1) is 13.2. The Hall–Kier alpha value is -2.80. The first-order valence-electron chi connectivity index (χ1n) is 9.16. The van der Waals surface area contributed by atoms with Gasteiger partial charge in [0.1, 0.15) is 5.52 Å². The van der Waals surface area contributed by atoms with Crippen LogP contribution < -0.4 is 0 Å². The fraction of sp³-hybridized carbons (Fsp3) is 0.429. The van der Waals surface area contributed by atoms with Gasteiger partial charge in [-0.1, -0.05) is 11.3 Å². The van der Waals surface area contributed by atoms with Crippen LogP contribution in [0.15, 0.2) is 24.4 Å². The third-order valence-electron chi connectivity index (χ3n) is 5.54. The molecule has 0 saturated carbocycles. The smallest absolute Gasteiger partial charge is 0.312 e. The van der Waals surface area contributed by atoms with Crippen molar-refractivity contribution < 1.29 is 14.6 Å². The maximum absolute atomic E-state index is 12.7. The van der Waals surface area contributed by atoms with Crippen LogP contribution in [0.25, 0.3) is 11.0 Å². The molecule has 0 amide bonds. The van der Waals surface area contributed by atoms with Crippen LogP contribution in [0.1, 0.15) is 47.7 Å². The van der Waals surface area contributed by atoms with Crippen molar-refractivity contribution in [2.24, 2.45) is 12.5 Å². The number of hydrogen-bond donors (Lipinski definition) is 1. The molecule has 0 spiro atoms. The number of aryl methyl sites for hydroxylation is 3. The van der Waals surface area contributed by atoms with Crippen molar-refractivity contribution in [2.45, 2.75) is 40.2 Å². The number of hydrogen-bond acceptors (Lipinski definition) is 6. The number of fused-ring (bicyclic) bond motifs is 1. The van der Waals surface area contributed by atoms with E-state index in [2.05, 4.69) is 15.3 Å². The molecule has 0 saturated heterocycles. The van der Waals surface area contributed by atoms with Crippen molar-refractivity contribution in [3.63, 3.8) is 0 Å². The molecule has 148 valence electrons. The van der Waals surface area contributed by atoms with Crippen LogP contribution in [0, 0.1) is 19.3 Å². The molecule has 0 radical (unpaired) electrons. The van der Waals surface area contributed by atoms with Gasteiger partial charge < -0.3 is 9.84 Å². The van der Waals surface area contributed by atoms with E-state index in [0.717, 1.165) is 39.0 Å². The fourth-order valence-electron chi connectivity index (χ4n) is 3.84. The van der Waals surface area contributed by atoms with E-state index in [1.165, 1.54) is 7.11 Å². The summed E-state index contributed by atoms with van der Waals surface area (Å²) in [6, 6.07) is 5.89. The van der Waals surface area contributed by atoms with Crippen LogP contribution in [0.5, 0.6) is 0 Å². The zero-order valence-electron chi connectivity index (χ0n) is 17.1. The van der Waals surface area contributed by atoms with Crippen LogP contribution in [-0.4, -0.2) is 38.2 Å². The van der Waals surface area contributed by atoms with Gasteiger partial charge in [-0.25, -0.2) is 4.68 Å². The number of carbonyl (C=O) groups is 1. The number of aliphatic hydroxyl groups is 1. The monoisotopic (exact) mass is 382 g/mol. The first-order valence-corrected chi connectivity index (χ1v) is 9.16. The zero-order chi connectivity index (χ0) is 20.6. The van der Waals surface area contributed by atoms with Gasteiger partial charge >= 0.3 is 5.97 Å². The molecule has 0 fully saturated rings. The highest BCUT2D eigenvalue weighted by Gasteiger charge is 2.41. The molecule has 3 aromatic rings. The predicted octanol–water partition coefficient (Wildman–Crippen LogP) is 2.80. The first kappa shape index (κ1) is 19.9. The highest BCUT2D eigenvalue weighted by molar-refractivity contribution is 5.82. The third kappa shape index (κ3) is 3.16. The summed E-state index contributed by atoms with van der Waals surface area (Å²) < 4.78 is 6.84. The number of pyridine rings is 1. The van der Waals surface area contributed by atoms with Crippen LogP contribution in [0.2, 0.25) is 0 Å². The van der Waals surface area contributed by atoms with E-state index >= 15 is 0 Å². The molecule has 2 heterocycles. The Balaban J connectivity index is 2.28. The number of rotatable bonds is 5. The van der Waals surface area contributed by atoms with Crippen molar-refractivity contribution in [1.82, 2.24) is 20.0 Å². The second-order valence-electron chi connectivity index (χ2n) is 7.68. The van der Waals surface area contributed by atoms with E-state index < -0.39 is 5.41 Å². The van der Waals surface area contributed by atoms with Crippen molar-refractivity contribution >= 4 is 17.0 Å². The second kappa shape index (κ2) is 7.31. The average molecular weight is 382 g/mol.